The van der Waals surface area contributed by atoms with E-state index in [1.807, 2.05) is 37.3 Å². The molecule has 3 aromatic rings. The number of carbonyl (C=O) groups is 1. The molecule has 4 rings (SSSR count). The summed E-state index contributed by atoms with van der Waals surface area (Å²) in [7, 11) is 0. The quantitative estimate of drug-likeness (QED) is 0.423. The Morgan fingerprint density at radius 1 is 1.22 bits per heavy atom. The first-order valence-corrected chi connectivity index (χ1v) is 10.5. The average molecular weight is 431 g/mol. The number of benzene rings is 1. The number of aromatic nitrogens is 2. The van der Waals surface area contributed by atoms with Crippen molar-refractivity contribution in [2.75, 3.05) is 30.4 Å². The number of amides is 2. The van der Waals surface area contributed by atoms with Crippen molar-refractivity contribution in [1.29, 1.82) is 5.41 Å². The molecule has 164 valence electrons. The molecule has 1 saturated heterocycles. The summed E-state index contributed by atoms with van der Waals surface area (Å²) >= 11 is 0. The van der Waals surface area contributed by atoms with Gasteiger partial charge in [0.2, 0.25) is 0 Å². The lowest BCUT2D eigenvalue weighted by Gasteiger charge is -2.28. The number of hydrogen-bond acceptors (Lipinski definition) is 6. The summed E-state index contributed by atoms with van der Waals surface area (Å²) in [5.41, 5.74) is 3.94. The van der Waals surface area contributed by atoms with Crippen molar-refractivity contribution < 1.29 is 9.53 Å². The fourth-order valence-corrected chi connectivity index (χ4v) is 3.82. The number of nitrogens with one attached hydrogen (secondary N) is 4. The van der Waals surface area contributed by atoms with E-state index in [-0.39, 0.29) is 11.4 Å². The molecule has 1 unspecified atom stereocenters. The third-order valence-corrected chi connectivity index (χ3v) is 5.59. The number of pyridine rings is 2. The second-order valence-electron chi connectivity index (χ2n) is 7.87. The first-order chi connectivity index (χ1) is 15.6. The molecule has 0 radical (unpaired) electrons. The Balaban J connectivity index is 1.41. The Kier molecular flexibility index (Phi) is 6.42. The smallest absolute Gasteiger partial charge is 0.320 e. The molecular formula is C24H26N6O2. The number of anilines is 3. The predicted molar refractivity (Wildman–Crippen MR) is 125 cm³/mol. The molecule has 2 aromatic heterocycles. The van der Waals surface area contributed by atoms with E-state index in [9.17, 15) is 4.79 Å². The minimum Gasteiger partial charge on any atom is -0.380 e. The second kappa shape index (κ2) is 9.57. The van der Waals surface area contributed by atoms with Gasteiger partial charge in [0.05, 0.1) is 18.5 Å². The van der Waals surface area contributed by atoms with Crippen LogP contribution in [0.2, 0.25) is 0 Å². The second-order valence-corrected chi connectivity index (χ2v) is 7.87. The monoisotopic (exact) mass is 430 g/mol. The maximum absolute atomic E-state index is 12.6. The van der Waals surface area contributed by atoms with Crippen molar-refractivity contribution in [3.05, 3.63) is 77.7 Å². The molecule has 0 aliphatic carbocycles. The summed E-state index contributed by atoms with van der Waals surface area (Å²) in [6, 6.07) is 15.2. The predicted octanol–water partition coefficient (Wildman–Crippen LogP) is 4.01. The number of carbonyl (C=O) groups excluding carboxylic acids is 1. The van der Waals surface area contributed by atoms with E-state index in [2.05, 4.69) is 38.1 Å². The molecule has 0 saturated carbocycles. The average Bonchev–Trinajstić information content (AvgIpc) is 3.30. The molecule has 1 fully saturated rings. The molecule has 0 spiro atoms. The Morgan fingerprint density at radius 3 is 2.78 bits per heavy atom. The zero-order valence-corrected chi connectivity index (χ0v) is 17.9. The number of urea groups is 1. The van der Waals surface area contributed by atoms with E-state index in [0.29, 0.717) is 36.8 Å². The highest BCUT2D eigenvalue weighted by atomic mass is 16.5. The van der Waals surface area contributed by atoms with Crippen LogP contribution in [0, 0.1) is 12.3 Å². The van der Waals surface area contributed by atoms with Crippen molar-refractivity contribution >= 4 is 29.4 Å². The van der Waals surface area contributed by atoms with E-state index in [4.69, 9.17) is 10.1 Å². The molecule has 32 heavy (non-hydrogen) atoms. The zero-order valence-electron chi connectivity index (χ0n) is 17.9. The van der Waals surface area contributed by atoms with Crippen LogP contribution in [-0.2, 0) is 10.2 Å². The molecule has 3 heterocycles. The number of nitrogens with zero attached hydrogens (tertiary/aromatic N) is 2. The van der Waals surface area contributed by atoms with E-state index < -0.39 is 0 Å². The lowest BCUT2D eigenvalue weighted by atomic mass is 9.80. The molecular weight excluding hydrogens is 404 g/mol. The lowest BCUT2D eigenvalue weighted by molar-refractivity contribution is 0.176. The third-order valence-electron chi connectivity index (χ3n) is 5.59. The molecule has 0 bridgehead atoms. The van der Waals surface area contributed by atoms with Gasteiger partial charge in [-0.25, -0.2) is 9.78 Å². The van der Waals surface area contributed by atoms with E-state index in [1.165, 1.54) is 6.21 Å². The van der Waals surface area contributed by atoms with Crippen LogP contribution in [0.15, 0.2) is 60.9 Å². The van der Waals surface area contributed by atoms with Crippen LogP contribution in [0.25, 0.3) is 0 Å². The van der Waals surface area contributed by atoms with E-state index >= 15 is 0 Å². The zero-order chi connectivity index (χ0) is 22.4. The summed E-state index contributed by atoms with van der Waals surface area (Å²) in [5.74, 6) is 0.369. The van der Waals surface area contributed by atoms with Gasteiger partial charge in [-0.1, -0.05) is 30.3 Å². The normalized spacial score (nSPS) is 17.5. The number of aryl methyl sites for hydroxylation is 1. The maximum Gasteiger partial charge on any atom is 0.320 e. The molecule has 8 nitrogen and oxygen atoms in total. The molecule has 8 heteroatoms. The highest BCUT2D eigenvalue weighted by molar-refractivity contribution is 5.92. The first kappa shape index (κ1) is 21.5. The highest BCUT2D eigenvalue weighted by Crippen LogP contribution is 2.32. The molecule has 1 aromatic carbocycles. The fraction of sp³-hybridized carbons (Fsp3) is 0.250. The number of ether oxygens (including phenoxy) is 1. The Morgan fingerprint density at radius 2 is 2.06 bits per heavy atom. The molecule has 1 aliphatic heterocycles. The van der Waals surface area contributed by atoms with Crippen molar-refractivity contribution in [1.82, 2.24) is 15.3 Å². The topological polar surface area (TPSA) is 112 Å². The van der Waals surface area contributed by atoms with Crippen LogP contribution < -0.4 is 16.0 Å². The van der Waals surface area contributed by atoms with Crippen LogP contribution in [0.5, 0.6) is 0 Å². The van der Waals surface area contributed by atoms with E-state index in [1.54, 1.807) is 18.5 Å². The molecule has 1 atom stereocenters. The van der Waals surface area contributed by atoms with Crippen molar-refractivity contribution in [3.63, 3.8) is 0 Å². The summed E-state index contributed by atoms with van der Waals surface area (Å²) in [4.78, 5) is 21.1. The lowest BCUT2D eigenvalue weighted by Crippen LogP contribution is -2.43. The Labute approximate surface area is 187 Å². The van der Waals surface area contributed by atoms with Gasteiger partial charge in [-0.2, -0.15) is 0 Å². The summed E-state index contributed by atoms with van der Waals surface area (Å²) in [5, 5.41) is 16.7. The van der Waals surface area contributed by atoms with Crippen LogP contribution >= 0.6 is 0 Å². The highest BCUT2D eigenvalue weighted by Gasteiger charge is 2.37. The number of hydrogen-bond donors (Lipinski definition) is 4. The van der Waals surface area contributed by atoms with Crippen LogP contribution in [0.1, 0.15) is 23.2 Å². The standard InChI is InChI=1S/C24H26N6O2/c1-17-11-20(7-9-26-17)29-21-14-27-22(12-18(21)13-25)30-23(31)28-15-24(8-10-32-16-24)19-5-3-2-4-6-19/h2-7,9,11-14,25H,8,10,15-16H2,1H3,(H,26,29)(H2,27,28,30,31). The van der Waals surface area contributed by atoms with Gasteiger partial charge in [0.15, 0.2) is 0 Å². The molecule has 2 amide bonds. The Hall–Kier alpha value is -3.78. The van der Waals surface area contributed by atoms with Gasteiger partial charge in [-0.05, 0) is 37.1 Å². The van der Waals surface area contributed by atoms with Crippen LogP contribution in [0.4, 0.5) is 22.0 Å². The van der Waals surface area contributed by atoms with Gasteiger partial charge in [0.25, 0.3) is 0 Å². The van der Waals surface area contributed by atoms with Gasteiger partial charge in [-0.15, -0.1) is 0 Å². The van der Waals surface area contributed by atoms with Gasteiger partial charge in [-0.3, -0.25) is 10.3 Å². The molecule has 1 aliphatic rings. The third kappa shape index (κ3) is 4.92. The largest absolute Gasteiger partial charge is 0.380 e. The van der Waals surface area contributed by atoms with Crippen molar-refractivity contribution in [2.24, 2.45) is 0 Å². The minimum absolute atomic E-state index is 0.234. The maximum atomic E-state index is 12.6. The fourth-order valence-electron chi connectivity index (χ4n) is 3.82. The molecule has 4 N–H and O–H groups in total. The van der Waals surface area contributed by atoms with Gasteiger partial charge in [0, 0.05) is 47.9 Å². The van der Waals surface area contributed by atoms with Gasteiger partial charge in [0.1, 0.15) is 5.82 Å². The van der Waals surface area contributed by atoms with Crippen molar-refractivity contribution in [3.8, 4) is 0 Å². The summed E-state index contributed by atoms with van der Waals surface area (Å²) in [6.07, 6.45) is 5.39. The van der Waals surface area contributed by atoms with Crippen molar-refractivity contribution in [2.45, 2.75) is 18.8 Å². The van der Waals surface area contributed by atoms with Crippen LogP contribution in [0.3, 0.4) is 0 Å². The van der Waals surface area contributed by atoms with Gasteiger partial charge < -0.3 is 20.8 Å². The SMILES string of the molecule is Cc1cc(Nc2cnc(NC(=O)NCC3(c4ccccc4)CCOC3)cc2C=N)ccn1. The van der Waals surface area contributed by atoms with Gasteiger partial charge >= 0.3 is 6.03 Å². The number of rotatable bonds is 7. The van der Waals surface area contributed by atoms with E-state index in [0.717, 1.165) is 23.4 Å². The first-order valence-electron chi connectivity index (χ1n) is 10.5. The summed E-state index contributed by atoms with van der Waals surface area (Å²) in [6.45, 7) is 3.61. The minimum atomic E-state index is -0.346. The van der Waals surface area contributed by atoms with Crippen LogP contribution in [-0.4, -0.2) is 42.0 Å². The Bertz CT molecular complexity index is 1100. The summed E-state index contributed by atoms with van der Waals surface area (Å²) < 4.78 is 5.65.